The Morgan fingerprint density at radius 1 is 1.18 bits per heavy atom. The van der Waals surface area contributed by atoms with Crippen LogP contribution in [0.2, 0.25) is 0 Å². The Bertz CT molecular complexity index is 547. The van der Waals surface area contributed by atoms with Gasteiger partial charge in [0.25, 0.3) is 0 Å². The lowest BCUT2D eigenvalue weighted by Gasteiger charge is -2.25. The number of hydrogen-bond donors (Lipinski definition) is 1. The van der Waals surface area contributed by atoms with E-state index in [0.29, 0.717) is 4.64 Å². The molecule has 1 heterocycles. The van der Waals surface area contributed by atoms with Crippen LogP contribution in [0.5, 0.6) is 0 Å². The largest absolute Gasteiger partial charge is 0.350 e. The summed E-state index contributed by atoms with van der Waals surface area (Å²) < 4.78 is 0.667. The van der Waals surface area contributed by atoms with Crippen molar-refractivity contribution in [1.82, 2.24) is 9.97 Å². The van der Waals surface area contributed by atoms with Crippen LogP contribution in [0.1, 0.15) is 30.7 Å². The van der Waals surface area contributed by atoms with Crippen LogP contribution in [0.4, 0.5) is 0 Å². The summed E-state index contributed by atoms with van der Waals surface area (Å²) in [5, 5.41) is 0. The molecule has 1 aliphatic carbocycles. The summed E-state index contributed by atoms with van der Waals surface area (Å²) in [6.45, 7) is 0. The third-order valence-electron chi connectivity index (χ3n) is 3.46. The van der Waals surface area contributed by atoms with Crippen LogP contribution >= 0.6 is 12.2 Å². The van der Waals surface area contributed by atoms with Gasteiger partial charge in [-0.1, -0.05) is 42.9 Å². The third kappa shape index (κ3) is 2.15. The lowest BCUT2D eigenvalue weighted by atomic mass is 9.80. The minimum absolute atomic E-state index is 0.667. The van der Waals surface area contributed by atoms with Crippen LogP contribution in [0, 0.1) is 4.64 Å². The number of aromatic amines is 1. The van der Waals surface area contributed by atoms with E-state index in [-0.39, 0.29) is 0 Å². The van der Waals surface area contributed by atoms with Crippen LogP contribution in [-0.2, 0) is 0 Å². The van der Waals surface area contributed by atoms with Gasteiger partial charge in [-0.3, -0.25) is 4.98 Å². The van der Waals surface area contributed by atoms with Gasteiger partial charge in [0.1, 0.15) is 4.64 Å². The van der Waals surface area contributed by atoms with Crippen molar-refractivity contribution in [2.75, 3.05) is 0 Å². The molecule has 3 rings (SSSR count). The molecule has 0 unspecified atom stereocenters. The summed E-state index contributed by atoms with van der Waals surface area (Å²) in [4.78, 5) is 7.33. The normalized spacial score (nSPS) is 15.5. The van der Waals surface area contributed by atoms with Crippen molar-refractivity contribution in [1.29, 1.82) is 0 Å². The van der Waals surface area contributed by atoms with Crippen LogP contribution < -0.4 is 0 Å². The van der Waals surface area contributed by atoms with Gasteiger partial charge in [-0.25, -0.2) is 0 Å². The second-order valence-corrected chi connectivity index (χ2v) is 4.99. The molecule has 1 aliphatic rings. The second kappa shape index (κ2) is 4.41. The van der Waals surface area contributed by atoms with Crippen molar-refractivity contribution in [2.45, 2.75) is 25.2 Å². The SMILES string of the molecule is S=c1cnc(-c2ccc(C3CCC3)cc2)c[nH]1. The third-order valence-corrected chi connectivity index (χ3v) is 3.68. The highest BCUT2D eigenvalue weighted by Crippen LogP contribution is 2.36. The van der Waals surface area contributed by atoms with Gasteiger partial charge in [0.2, 0.25) is 0 Å². The maximum Gasteiger partial charge on any atom is 0.121 e. The molecule has 1 aromatic heterocycles. The smallest absolute Gasteiger partial charge is 0.121 e. The quantitative estimate of drug-likeness (QED) is 0.804. The highest BCUT2D eigenvalue weighted by atomic mass is 32.1. The first-order valence-corrected chi connectivity index (χ1v) is 6.39. The molecule has 17 heavy (non-hydrogen) atoms. The molecule has 1 fully saturated rings. The fourth-order valence-corrected chi connectivity index (χ4v) is 2.28. The fourth-order valence-electron chi connectivity index (χ4n) is 2.17. The Hall–Kier alpha value is -1.48. The fraction of sp³-hybridized carbons (Fsp3) is 0.286. The van der Waals surface area contributed by atoms with Gasteiger partial charge in [-0.2, -0.15) is 0 Å². The highest BCUT2D eigenvalue weighted by Gasteiger charge is 2.18. The Morgan fingerprint density at radius 2 is 1.94 bits per heavy atom. The van der Waals surface area contributed by atoms with Crippen molar-refractivity contribution in [2.24, 2.45) is 0 Å². The predicted octanol–water partition coefficient (Wildman–Crippen LogP) is 4.07. The zero-order valence-electron chi connectivity index (χ0n) is 9.52. The van der Waals surface area contributed by atoms with E-state index in [1.807, 2.05) is 6.20 Å². The van der Waals surface area contributed by atoms with E-state index in [0.717, 1.165) is 17.2 Å². The standard InChI is InChI=1S/C14H14N2S/c17-14-9-15-13(8-16-14)12-6-4-11(5-7-12)10-2-1-3-10/h4-10H,1-3H2,(H,16,17). The molecule has 0 amide bonds. The molecule has 1 aromatic carbocycles. The monoisotopic (exact) mass is 242 g/mol. The van der Waals surface area contributed by atoms with Gasteiger partial charge < -0.3 is 4.98 Å². The van der Waals surface area contributed by atoms with Gasteiger partial charge in [-0.05, 0) is 24.3 Å². The first-order valence-electron chi connectivity index (χ1n) is 5.98. The summed E-state index contributed by atoms with van der Waals surface area (Å²) in [5.41, 5.74) is 3.54. The first-order chi connectivity index (χ1) is 8.33. The molecule has 1 saturated carbocycles. The molecule has 86 valence electrons. The summed E-state index contributed by atoms with van der Waals surface area (Å²) >= 11 is 4.98. The molecule has 0 radical (unpaired) electrons. The zero-order valence-corrected chi connectivity index (χ0v) is 10.3. The molecule has 0 aliphatic heterocycles. The number of aromatic nitrogens is 2. The Morgan fingerprint density at radius 3 is 2.47 bits per heavy atom. The molecule has 0 spiro atoms. The minimum Gasteiger partial charge on any atom is -0.350 e. The van der Waals surface area contributed by atoms with Crippen LogP contribution in [-0.4, -0.2) is 9.97 Å². The maximum atomic E-state index is 4.98. The van der Waals surface area contributed by atoms with Crippen LogP contribution in [0.25, 0.3) is 11.3 Å². The van der Waals surface area contributed by atoms with E-state index in [1.54, 1.807) is 6.20 Å². The second-order valence-electron chi connectivity index (χ2n) is 4.55. The Balaban J connectivity index is 1.88. The lowest BCUT2D eigenvalue weighted by Crippen LogP contribution is -2.08. The summed E-state index contributed by atoms with van der Waals surface area (Å²) in [6, 6.07) is 8.74. The predicted molar refractivity (Wildman–Crippen MR) is 71.4 cm³/mol. The van der Waals surface area contributed by atoms with E-state index in [2.05, 4.69) is 34.2 Å². The van der Waals surface area contributed by atoms with Gasteiger partial charge >= 0.3 is 0 Å². The number of benzene rings is 1. The van der Waals surface area contributed by atoms with Crippen molar-refractivity contribution in [3.63, 3.8) is 0 Å². The van der Waals surface area contributed by atoms with Gasteiger partial charge in [0.15, 0.2) is 0 Å². The lowest BCUT2D eigenvalue weighted by molar-refractivity contribution is 0.420. The van der Waals surface area contributed by atoms with E-state index in [9.17, 15) is 0 Å². The molecular weight excluding hydrogens is 228 g/mol. The maximum absolute atomic E-state index is 4.98. The topological polar surface area (TPSA) is 28.7 Å². The average Bonchev–Trinajstić information content (AvgIpc) is 2.29. The van der Waals surface area contributed by atoms with E-state index in [4.69, 9.17) is 12.2 Å². The molecular formula is C14H14N2S. The van der Waals surface area contributed by atoms with Crippen molar-refractivity contribution in [3.05, 3.63) is 46.9 Å². The van der Waals surface area contributed by atoms with Gasteiger partial charge in [0.05, 0.1) is 11.9 Å². The Kier molecular flexibility index (Phi) is 2.77. The van der Waals surface area contributed by atoms with E-state index < -0.39 is 0 Å². The van der Waals surface area contributed by atoms with Crippen LogP contribution in [0.3, 0.4) is 0 Å². The number of rotatable bonds is 2. The minimum atomic E-state index is 0.667. The Labute approximate surface area is 106 Å². The van der Waals surface area contributed by atoms with Crippen LogP contribution in [0.15, 0.2) is 36.7 Å². The summed E-state index contributed by atoms with van der Waals surface area (Å²) in [6.07, 6.45) is 7.61. The summed E-state index contributed by atoms with van der Waals surface area (Å²) in [5.74, 6) is 0.790. The highest BCUT2D eigenvalue weighted by molar-refractivity contribution is 7.71. The van der Waals surface area contributed by atoms with E-state index >= 15 is 0 Å². The van der Waals surface area contributed by atoms with E-state index in [1.165, 1.54) is 24.8 Å². The summed E-state index contributed by atoms with van der Waals surface area (Å²) in [7, 11) is 0. The molecule has 2 nitrogen and oxygen atoms in total. The number of H-pyrrole nitrogens is 1. The molecule has 2 aromatic rings. The van der Waals surface area contributed by atoms with Gasteiger partial charge in [0, 0.05) is 11.8 Å². The first kappa shape index (κ1) is 10.7. The average molecular weight is 242 g/mol. The van der Waals surface area contributed by atoms with Gasteiger partial charge in [-0.15, -0.1) is 0 Å². The zero-order chi connectivity index (χ0) is 11.7. The molecule has 0 bridgehead atoms. The number of hydrogen-bond acceptors (Lipinski definition) is 2. The number of nitrogens with zero attached hydrogens (tertiary/aromatic N) is 1. The van der Waals surface area contributed by atoms with Crippen molar-refractivity contribution < 1.29 is 0 Å². The molecule has 0 atom stereocenters. The van der Waals surface area contributed by atoms with Crippen molar-refractivity contribution >= 4 is 12.2 Å². The number of nitrogens with one attached hydrogen (secondary N) is 1. The molecule has 1 N–H and O–H groups in total. The molecule has 0 saturated heterocycles. The van der Waals surface area contributed by atoms with Crippen molar-refractivity contribution in [3.8, 4) is 11.3 Å². The molecule has 3 heteroatoms.